The Morgan fingerprint density at radius 2 is 1.57 bits per heavy atom. The fourth-order valence-electron chi connectivity index (χ4n) is 10.1. The molecule has 0 spiro atoms. The van der Waals surface area contributed by atoms with Gasteiger partial charge in [0.05, 0.1) is 24.4 Å². The first kappa shape index (κ1) is 54.2. The number of esters is 1. The quantitative estimate of drug-likeness (QED) is 0.156. The number of carbonyl (C=O) groups excluding carboxylic acids is 5. The lowest BCUT2D eigenvalue weighted by Crippen LogP contribution is -2.61. The summed E-state index contributed by atoms with van der Waals surface area (Å²) in [5, 5.41) is 33.8. The average molecular weight is 914 g/mol. The van der Waals surface area contributed by atoms with E-state index >= 15 is 0 Å². The molecule has 2 saturated heterocycles. The Morgan fingerprint density at radius 3 is 2.25 bits per heavy atom. The summed E-state index contributed by atoms with van der Waals surface area (Å²) in [5.74, 6) is -7.96. The first-order valence-corrected chi connectivity index (χ1v) is 23.9. The van der Waals surface area contributed by atoms with Crippen molar-refractivity contribution in [3.8, 4) is 0 Å². The molecule has 3 heterocycles. The topological polar surface area (TPSA) is 195 Å². The van der Waals surface area contributed by atoms with Crippen LogP contribution in [0, 0.1) is 35.5 Å². The van der Waals surface area contributed by atoms with Gasteiger partial charge in [0.25, 0.3) is 11.7 Å². The summed E-state index contributed by atoms with van der Waals surface area (Å²) in [6, 6.07) is -1.14. The van der Waals surface area contributed by atoms with Crippen LogP contribution in [0.5, 0.6) is 0 Å². The van der Waals surface area contributed by atoms with Crippen LogP contribution in [-0.2, 0) is 47.7 Å². The maximum absolute atomic E-state index is 14.4. The molecule has 15 atom stereocenters. The lowest BCUT2D eigenvalue weighted by molar-refractivity contribution is -0.265. The summed E-state index contributed by atoms with van der Waals surface area (Å²) in [6.45, 7) is 12.7. The van der Waals surface area contributed by atoms with Gasteiger partial charge in [0.1, 0.15) is 30.1 Å². The molecule has 1 amide bonds. The number of rotatable bonds is 6. The Hall–Kier alpha value is -3.37. The van der Waals surface area contributed by atoms with Gasteiger partial charge in [0.15, 0.2) is 5.78 Å². The Morgan fingerprint density at radius 1 is 0.846 bits per heavy atom. The number of hydrogen-bond donors (Lipinski definition) is 3. The van der Waals surface area contributed by atoms with E-state index < -0.39 is 83.9 Å². The average Bonchev–Trinajstić information content (AvgIpc) is 3.28. The molecule has 0 radical (unpaired) electrons. The van der Waals surface area contributed by atoms with Gasteiger partial charge in [-0.1, -0.05) is 71.1 Å². The molecule has 1 saturated carbocycles. The number of carbonyl (C=O) groups is 5. The minimum atomic E-state index is -2.43. The molecule has 65 heavy (non-hydrogen) atoms. The van der Waals surface area contributed by atoms with E-state index in [2.05, 4.69) is 0 Å². The van der Waals surface area contributed by atoms with Crippen molar-refractivity contribution < 1.29 is 63.0 Å². The van der Waals surface area contributed by atoms with Crippen molar-refractivity contribution in [1.82, 2.24) is 4.90 Å². The summed E-state index contributed by atoms with van der Waals surface area (Å²) in [4.78, 5) is 71.8. The number of cyclic esters (lactones) is 1. The molecule has 1 aliphatic carbocycles. The zero-order chi connectivity index (χ0) is 48.2. The molecule has 14 heteroatoms. The van der Waals surface area contributed by atoms with Crippen LogP contribution >= 0.6 is 0 Å². The van der Waals surface area contributed by atoms with E-state index in [-0.39, 0.29) is 54.8 Å². The van der Waals surface area contributed by atoms with Crippen LogP contribution in [0.3, 0.4) is 0 Å². The number of Topliss-reactive ketones (excluding diaryl/α,β-unsaturated/α-hetero) is 3. The molecule has 4 aliphatic rings. The van der Waals surface area contributed by atoms with Crippen molar-refractivity contribution in [1.29, 1.82) is 0 Å². The van der Waals surface area contributed by atoms with Gasteiger partial charge in [0, 0.05) is 58.5 Å². The fourth-order valence-corrected chi connectivity index (χ4v) is 10.1. The molecule has 0 aromatic heterocycles. The first-order valence-electron chi connectivity index (χ1n) is 23.9. The standard InChI is InChI=1S/C51H79NO13/c1-30-16-12-11-13-17-31(2)42(61-8)28-38-21-19-36(7)51(60,65-38)48(57)49(58)52-23-15-14-18-39(52)50(59)64-43(33(4)26-37-20-22-40(53)44(27-37)62-9)29-41(54)32(3)25-35(6)46(56)47(63-10)45(55)34(5)24-30/h11-13,16-17,25,30,32-34,36-40,42-44,46-47,53,56,60H,14-15,18-24,26-29H2,1-10H3/b13-11+,16-12+,31-17+,35-25+/t30-,32?,33-,34?,36-,37+,38+,39+,40-,42+,43+,44?,46-,47?,51-/m1/s1. The SMILES string of the molecule is COC1C[C@H](C[C@@H](C)[C@@H]2CC(=O)C(C)/C=C(\C)[C@@H](O)C(OC)C(=O)C(C)C[C@H](C)/C=C/C=C/C=C(\C)[C@@H](OC)C[C@@H]3CC[C@@H](C)[C@@](O)(O3)C(=O)C(=O)N3CCCC[C@H]3C(=O)O2)CC[C@H]1O. The van der Waals surface area contributed by atoms with Crippen molar-refractivity contribution in [3.05, 3.63) is 47.6 Å². The third-order valence-corrected chi connectivity index (χ3v) is 14.5. The van der Waals surface area contributed by atoms with E-state index in [4.69, 9.17) is 23.7 Å². The monoisotopic (exact) mass is 914 g/mol. The summed E-state index contributed by atoms with van der Waals surface area (Å²) in [7, 11) is 4.52. The zero-order valence-corrected chi connectivity index (χ0v) is 40.6. The number of fused-ring (bicyclic) bond motifs is 3. The van der Waals surface area contributed by atoms with Crippen molar-refractivity contribution >= 4 is 29.2 Å². The van der Waals surface area contributed by atoms with Gasteiger partial charge in [-0.15, -0.1) is 0 Å². The van der Waals surface area contributed by atoms with E-state index in [0.29, 0.717) is 63.4 Å². The second-order valence-electron chi connectivity index (χ2n) is 19.6. The van der Waals surface area contributed by atoms with Crippen LogP contribution in [0.1, 0.15) is 126 Å². The number of aliphatic hydroxyl groups is 3. The maximum Gasteiger partial charge on any atom is 0.329 e. The minimum absolute atomic E-state index is 0.0193. The normalized spacial score (nSPS) is 40.4. The highest BCUT2D eigenvalue weighted by Gasteiger charge is 2.53. The summed E-state index contributed by atoms with van der Waals surface area (Å²) < 4.78 is 29.4. The van der Waals surface area contributed by atoms with Gasteiger partial charge < -0.3 is 43.9 Å². The smallest absolute Gasteiger partial charge is 0.329 e. The molecule has 4 rings (SSSR count). The molecular weight excluding hydrogens is 835 g/mol. The molecule has 14 nitrogen and oxygen atoms in total. The van der Waals surface area contributed by atoms with E-state index in [1.807, 2.05) is 58.1 Å². The molecule has 0 aromatic rings. The van der Waals surface area contributed by atoms with Crippen LogP contribution in [0.25, 0.3) is 0 Å². The molecule has 2 bridgehead atoms. The Labute approximate surface area is 387 Å². The highest BCUT2D eigenvalue weighted by atomic mass is 16.6. The van der Waals surface area contributed by atoms with Crippen LogP contribution in [0.2, 0.25) is 0 Å². The number of aliphatic hydroxyl groups excluding tert-OH is 2. The predicted octanol–water partition coefficient (Wildman–Crippen LogP) is 6.18. The van der Waals surface area contributed by atoms with Crippen LogP contribution < -0.4 is 0 Å². The maximum atomic E-state index is 14.4. The molecular formula is C51H79NO13. The molecule has 3 aliphatic heterocycles. The number of allylic oxidation sites excluding steroid dienone is 6. The molecule has 3 N–H and O–H groups in total. The predicted molar refractivity (Wildman–Crippen MR) is 245 cm³/mol. The second kappa shape index (κ2) is 25.1. The number of amides is 1. The molecule has 0 aromatic carbocycles. The number of hydrogen-bond acceptors (Lipinski definition) is 13. The third kappa shape index (κ3) is 14.3. The zero-order valence-electron chi connectivity index (χ0n) is 40.6. The lowest BCUT2D eigenvalue weighted by atomic mass is 9.78. The molecule has 4 unspecified atom stereocenters. The van der Waals surface area contributed by atoms with Gasteiger partial charge in [0.2, 0.25) is 5.79 Å². The van der Waals surface area contributed by atoms with Gasteiger partial charge >= 0.3 is 5.97 Å². The Bertz CT molecular complexity index is 1760. The Kier molecular flexibility index (Phi) is 21.0. The van der Waals surface area contributed by atoms with Gasteiger partial charge in [-0.25, -0.2) is 4.79 Å². The van der Waals surface area contributed by atoms with E-state index in [0.717, 1.165) is 12.0 Å². The van der Waals surface area contributed by atoms with Gasteiger partial charge in [-0.3, -0.25) is 19.2 Å². The summed E-state index contributed by atoms with van der Waals surface area (Å²) in [5.41, 5.74) is 1.27. The number of ether oxygens (including phenoxy) is 5. The number of ketones is 3. The lowest BCUT2D eigenvalue weighted by Gasteiger charge is -2.42. The fraction of sp³-hybridized carbons (Fsp3) is 0.745. The van der Waals surface area contributed by atoms with Crippen LogP contribution in [-0.4, -0.2) is 132 Å². The van der Waals surface area contributed by atoms with Crippen molar-refractivity contribution in [2.24, 2.45) is 35.5 Å². The number of piperidine rings is 1. The number of nitrogens with zero attached hydrogens (tertiary/aromatic N) is 1. The van der Waals surface area contributed by atoms with E-state index in [1.165, 1.54) is 12.0 Å². The number of methoxy groups -OCH3 is 3. The van der Waals surface area contributed by atoms with Crippen molar-refractivity contribution in [2.45, 2.75) is 180 Å². The first-order chi connectivity index (χ1) is 30.7. The van der Waals surface area contributed by atoms with Crippen LogP contribution in [0.4, 0.5) is 0 Å². The highest BCUT2D eigenvalue weighted by molar-refractivity contribution is 6.39. The largest absolute Gasteiger partial charge is 0.460 e. The second-order valence-corrected chi connectivity index (χ2v) is 19.6. The van der Waals surface area contributed by atoms with Gasteiger partial charge in [-0.05, 0) is 107 Å². The summed E-state index contributed by atoms with van der Waals surface area (Å²) in [6.07, 6.45) is 11.2. The van der Waals surface area contributed by atoms with E-state index in [1.54, 1.807) is 41.1 Å². The Balaban J connectivity index is 1.70. The van der Waals surface area contributed by atoms with Crippen molar-refractivity contribution in [3.63, 3.8) is 0 Å². The molecule has 3 fully saturated rings. The van der Waals surface area contributed by atoms with E-state index in [9.17, 15) is 39.3 Å². The minimum Gasteiger partial charge on any atom is -0.460 e. The van der Waals surface area contributed by atoms with Crippen LogP contribution in [0.15, 0.2) is 47.6 Å². The third-order valence-electron chi connectivity index (χ3n) is 14.5. The highest BCUT2D eigenvalue weighted by Crippen LogP contribution is 2.38. The molecule has 366 valence electrons. The summed E-state index contributed by atoms with van der Waals surface area (Å²) >= 11 is 0. The van der Waals surface area contributed by atoms with Gasteiger partial charge in [-0.2, -0.15) is 0 Å². The van der Waals surface area contributed by atoms with Crippen molar-refractivity contribution in [2.75, 3.05) is 27.9 Å².